The number of alkyl halides is 2. The molecule has 1 aliphatic carbocycles. The van der Waals surface area contributed by atoms with E-state index in [9.17, 15) is 8.78 Å². The van der Waals surface area contributed by atoms with Crippen LogP contribution >= 0.6 is 0 Å². The number of rotatable bonds is 6. The number of ether oxygens (including phenoxy) is 1. The number of hydrogen-bond donors (Lipinski definition) is 1. The fourth-order valence-corrected chi connectivity index (χ4v) is 2.91. The predicted molar refractivity (Wildman–Crippen MR) is 76.0 cm³/mol. The van der Waals surface area contributed by atoms with Gasteiger partial charge >= 0.3 is 6.61 Å². The minimum atomic E-state index is -2.76. The lowest BCUT2D eigenvalue weighted by Crippen LogP contribution is -2.27. The smallest absolute Gasteiger partial charge is 0.387 e. The quantitative estimate of drug-likeness (QED) is 0.836. The Morgan fingerprint density at radius 1 is 1.25 bits per heavy atom. The molecule has 20 heavy (non-hydrogen) atoms. The summed E-state index contributed by atoms with van der Waals surface area (Å²) in [6.45, 7) is 2.68. The van der Waals surface area contributed by atoms with Crippen LogP contribution in [0.5, 0.6) is 5.75 Å². The summed E-state index contributed by atoms with van der Waals surface area (Å²) in [5, 5.41) is 3.54. The molecule has 3 atom stereocenters. The molecular weight excluding hydrogens is 260 g/mol. The molecule has 0 aromatic heterocycles. The molecule has 0 saturated heterocycles. The summed E-state index contributed by atoms with van der Waals surface area (Å²) in [6.07, 6.45) is 3.98. The zero-order chi connectivity index (χ0) is 14.5. The van der Waals surface area contributed by atoms with Crippen LogP contribution in [0.1, 0.15) is 44.7 Å². The minimum Gasteiger partial charge on any atom is -0.435 e. The van der Waals surface area contributed by atoms with Crippen molar-refractivity contribution >= 4 is 0 Å². The monoisotopic (exact) mass is 283 g/mol. The lowest BCUT2D eigenvalue weighted by Gasteiger charge is -2.20. The van der Waals surface area contributed by atoms with Crippen molar-refractivity contribution in [3.63, 3.8) is 0 Å². The van der Waals surface area contributed by atoms with Crippen LogP contribution in [-0.4, -0.2) is 13.2 Å². The van der Waals surface area contributed by atoms with Crippen molar-refractivity contribution in [3.8, 4) is 5.75 Å². The van der Waals surface area contributed by atoms with Gasteiger partial charge in [0.05, 0.1) is 0 Å². The maximum absolute atomic E-state index is 12.1. The number of hydrogen-bond acceptors (Lipinski definition) is 2. The Morgan fingerprint density at radius 3 is 2.50 bits per heavy atom. The van der Waals surface area contributed by atoms with Crippen molar-refractivity contribution in [1.29, 1.82) is 0 Å². The summed E-state index contributed by atoms with van der Waals surface area (Å²) in [5.74, 6) is 1.77. The highest BCUT2D eigenvalue weighted by molar-refractivity contribution is 5.28. The summed E-state index contributed by atoms with van der Waals surface area (Å²) in [6, 6.07) is 7.10. The van der Waals surface area contributed by atoms with Crippen LogP contribution in [0.4, 0.5) is 8.78 Å². The summed E-state index contributed by atoms with van der Waals surface area (Å²) in [7, 11) is 0. The molecule has 2 nitrogen and oxygen atoms in total. The molecule has 1 N–H and O–H groups in total. The van der Waals surface area contributed by atoms with Crippen molar-refractivity contribution in [2.45, 2.75) is 45.8 Å². The number of nitrogens with one attached hydrogen (secondary N) is 1. The zero-order valence-corrected chi connectivity index (χ0v) is 12.1. The molecule has 4 heteroatoms. The van der Waals surface area contributed by atoms with Gasteiger partial charge in [-0.3, -0.25) is 0 Å². The molecule has 0 radical (unpaired) electrons. The lowest BCUT2D eigenvalue weighted by molar-refractivity contribution is -0.0498. The Bertz CT molecular complexity index is 407. The standard InChI is InChI=1S/C16H23F2NO/c1-11-4-3-5-14(11)10-19-12(2)13-6-8-15(9-7-13)20-16(17)18/h6-9,11-12,14,16,19H,3-5,10H2,1-2H3. The minimum absolute atomic E-state index is 0.209. The van der Waals surface area contributed by atoms with Crippen molar-refractivity contribution in [2.75, 3.05) is 6.54 Å². The second-order valence-corrected chi connectivity index (χ2v) is 5.75. The van der Waals surface area contributed by atoms with E-state index in [-0.39, 0.29) is 11.8 Å². The molecule has 0 aliphatic heterocycles. The topological polar surface area (TPSA) is 21.3 Å². The van der Waals surface area contributed by atoms with Gasteiger partial charge in [0, 0.05) is 6.04 Å². The van der Waals surface area contributed by atoms with Gasteiger partial charge in [-0.15, -0.1) is 0 Å². The number of benzene rings is 1. The molecule has 2 rings (SSSR count). The van der Waals surface area contributed by atoms with E-state index in [4.69, 9.17) is 0 Å². The molecule has 0 spiro atoms. The molecule has 0 amide bonds. The molecule has 1 saturated carbocycles. The van der Waals surface area contributed by atoms with Crippen LogP contribution < -0.4 is 10.1 Å². The van der Waals surface area contributed by atoms with Crippen LogP contribution in [0.25, 0.3) is 0 Å². The maximum Gasteiger partial charge on any atom is 0.387 e. The van der Waals surface area contributed by atoms with Crippen LogP contribution in [0.15, 0.2) is 24.3 Å². The fraction of sp³-hybridized carbons (Fsp3) is 0.625. The first-order valence-electron chi connectivity index (χ1n) is 7.34. The first kappa shape index (κ1) is 15.2. The first-order valence-corrected chi connectivity index (χ1v) is 7.34. The molecule has 0 bridgehead atoms. The summed E-state index contributed by atoms with van der Waals surface area (Å²) < 4.78 is 28.5. The Kier molecular flexibility index (Phi) is 5.35. The zero-order valence-electron chi connectivity index (χ0n) is 12.1. The molecule has 1 aromatic rings. The summed E-state index contributed by atoms with van der Waals surface area (Å²) in [5.41, 5.74) is 1.09. The first-order chi connectivity index (χ1) is 9.56. The Balaban J connectivity index is 1.84. The van der Waals surface area contributed by atoms with E-state index in [2.05, 4.69) is 23.9 Å². The Hall–Kier alpha value is -1.16. The van der Waals surface area contributed by atoms with E-state index >= 15 is 0 Å². The van der Waals surface area contributed by atoms with Crippen molar-refractivity contribution < 1.29 is 13.5 Å². The molecule has 1 aromatic carbocycles. The molecule has 112 valence electrons. The highest BCUT2D eigenvalue weighted by Gasteiger charge is 2.23. The van der Waals surface area contributed by atoms with E-state index in [1.165, 1.54) is 19.3 Å². The van der Waals surface area contributed by atoms with Gasteiger partial charge in [0.1, 0.15) is 5.75 Å². The largest absolute Gasteiger partial charge is 0.435 e. The van der Waals surface area contributed by atoms with Crippen molar-refractivity contribution in [3.05, 3.63) is 29.8 Å². The number of halogens is 2. The van der Waals surface area contributed by atoms with Gasteiger partial charge in [-0.1, -0.05) is 31.9 Å². The lowest BCUT2D eigenvalue weighted by atomic mass is 9.97. The van der Waals surface area contributed by atoms with Crippen LogP contribution in [0.3, 0.4) is 0 Å². The second-order valence-electron chi connectivity index (χ2n) is 5.75. The van der Waals surface area contributed by atoms with Crippen molar-refractivity contribution in [2.24, 2.45) is 11.8 Å². The SMILES string of the molecule is CC(NCC1CCCC1C)c1ccc(OC(F)F)cc1. The summed E-state index contributed by atoms with van der Waals surface area (Å²) in [4.78, 5) is 0. The van der Waals surface area contributed by atoms with Crippen LogP contribution in [0.2, 0.25) is 0 Å². The van der Waals surface area contributed by atoms with Gasteiger partial charge in [-0.2, -0.15) is 8.78 Å². The van der Waals surface area contributed by atoms with E-state index in [1.807, 2.05) is 12.1 Å². The molecule has 0 heterocycles. The third kappa shape index (κ3) is 4.17. The third-order valence-electron chi connectivity index (χ3n) is 4.33. The Labute approximate surface area is 119 Å². The van der Waals surface area contributed by atoms with Crippen LogP contribution in [-0.2, 0) is 0 Å². The van der Waals surface area contributed by atoms with Gasteiger partial charge in [0.15, 0.2) is 0 Å². The van der Waals surface area contributed by atoms with E-state index in [0.29, 0.717) is 0 Å². The highest BCUT2D eigenvalue weighted by atomic mass is 19.3. The van der Waals surface area contributed by atoms with E-state index < -0.39 is 6.61 Å². The third-order valence-corrected chi connectivity index (χ3v) is 4.33. The predicted octanol–water partition coefficient (Wildman–Crippen LogP) is 4.37. The molecule has 1 fully saturated rings. The molecule has 1 aliphatic rings. The fourth-order valence-electron chi connectivity index (χ4n) is 2.91. The van der Waals surface area contributed by atoms with Gasteiger partial charge in [-0.25, -0.2) is 0 Å². The van der Waals surface area contributed by atoms with Crippen LogP contribution in [0, 0.1) is 11.8 Å². The molecule has 3 unspecified atom stereocenters. The van der Waals surface area contributed by atoms with Gasteiger partial charge in [0.2, 0.25) is 0 Å². The van der Waals surface area contributed by atoms with E-state index in [1.54, 1.807) is 12.1 Å². The highest BCUT2D eigenvalue weighted by Crippen LogP contribution is 2.31. The maximum atomic E-state index is 12.1. The Morgan fingerprint density at radius 2 is 1.95 bits per heavy atom. The van der Waals surface area contributed by atoms with Gasteiger partial charge in [0.25, 0.3) is 0 Å². The average molecular weight is 283 g/mol. The average Bonchev–Trinajstić information content (AvgIpc) is 2.82. The van der Waals surface area contributed by atoms with Crippen molar-refractivity contribution in [1.82, 2.24) is 5.32 Å². The van der Waals surface area contributed by atoms with E-state index in [0.717, 1.165) is 23.9 Å². The van der Waals surface area contributed by atoms with Gasteiger partial charge in [-0.05, 0) is 49.4 Å². The normalized spacial score (nSPS) is 24.1. The second kappa shape index (κ2) is 7.02. The summed E-state index contributed by atoms with van der Waals surface area (Å²) >= 11 is 0. The van der Waals surface area contributed by atoms with Gasteiger partial charge < -0.3 is 10.1 Å². The molecular formula is C16H23F2NO.